The molecule has 4 nitrogen and oxygen atoms in total. The van der Waals surface area contributed by atoms with Crippen LogP contribution in [0.4, 0.5) is 0 Å². The van der Waals surface area contributed by atoms with Crippen molar-refractivity contribution in [3.63, 3.8) is 0 Å². The molecule has 0 amide bonds. The predicted octanol–water partition coefficient (Wildman–Crippen LogP) is 2.21. The summed E-state index contributed by atoms with van der Waals surface area (Å²) in [7, 11) is 0. The van der Waals surface area contributed by atoms with Gasteiger partial charge in [-0.25, -0.2) is 0 Å². The molecule has 3 N–H and O–H groups in total. The Bertz CT molecular complexity index is 402. The summed E-state index contributed by atoms with van der Waals surface area (Å²) in [6.45, 7) is 4.08. The van der Waals surface area contributed by atoms with Gasteiger partial charge in [-0.05, 0) is 37.8 Å². The molecule has 1 unspecified atom stereocenters. The third kappa shape index (κ3) is 4.04. The number of carbonyl (C=O) groups is 1. The Kier molecular flexibility index (Phi) is 5.16. The van der Waals surface area contributed by atoms with Crippen LogP contribution in [0.15, 0.2) is 24.3 Å². The Balaban J connectivity index is 2.41. The Hall–Kier alpha value is -1.55. The van der Waals surface area contributed by atoms with Gasteiger partial charge in [-0.2, -0.15) is 0 Å². The third-order valence-corrected chi connectivity index (χ3v) is 2.94. The van der Waals surface area contributed by atoms with Crippen molar-refractivity contribution in [2.75, 3.05) is 6.61 Å². The number of benzene rings is 1. The minimum Gasteiger partial charge on any atom is -0.493 e. The normalized spacial score (nSPS) is 13.9. The fourth-order valence-electron chi connectivity index (χ4n) is 1.67. The topological polar surface area (TPSA) is 72.5 Å². The summed E-state index contributed by atoms with van der Waals surface area (Å²) in [5, 5.41) is 8.87. The van der Waals surface area contributed by atoms with Crippen LogP contribution in [0.25, 0.3) is 0 Å². The lowest BCUT2D eigenvalue weighted by atomic mass is 9.98. The first kappa shape index (κ1) is 14.5. The summed E-state index contributed by atoms with van der Waals surface area (Å²) in [6.07, 6.45) is 1.94. The van der Waals surface area contributed by atoms with E-state index in [9.17, 15) is 4.79 Å². The van der Waals surface area contributed by atoms with Crippen LogP contribution in [-0.2, 0) is 11.2 Å². The molecular weight excluding hydrogens is 230 g/mol. The van der Waals surface area contributed by atoms with Gasteiger partial charge in [0.05, 0.1) is 6.61 Å². The van der Waals surface area contributed by atoms with Crippen molar-refractivity contribution in [1.29, 1.82) is 0 Å². The number of aliphatic carboxylic acids is 1. The molecule has 0 saturated heterocycles. The highest BCUT2D eigenvalue weighted by molar-refractivity contribution is 5.77. The van der Waals surface area contributed by atoms with Crippen LogP contribution in [0.1, 0.15) is 32.3 Å². The molecule has 1 rings (SSSR count). The van der Waals surface area contributed by atoms with Gasteiger partial charge in [0.15, 0.2) is 0 Å². The lowest BCUT2D eigenvalue weighted by molar-refractivity contribution is -0.142. The maximum atomic E-state index is 10.8. The van der Waals surface area contributed by atoms with Gasteiger partial charge >= 0.3 is 5.97 Å². The molecule has 0 aliphatic rings. The number of nitrogens with two attached hydrogens (primary N) is 1. The monoisotopic (exact) mass is 251 g/mol. The molecule has 1 aromatic rings. The van der Waals surface area contributed by atoms with E-state index in [1.165, 1.54) is 6.92 Å². The molecular formula is C14H21NO3. The highest BCUT2D eigenvalue weighted by atomic mass is 16.5. The number of para-hydroxylation sites is 1. The van der Waals surface area contributed by atoms with Gasteiger partial charge in [0.2, 0.25) is 0 Å². The second kappa shape index (κ2) is 6.40. The average molecular weight is 251 g/mol. The number of carboxylic acids is 1. The molecule has 0 aromatic heterocycles. The first-order valence-corrected chi connectivity index (χ1v) is 6.20. The van der Waals surface area contributed by atoms with Gasteiger partial charge in [0, 0.05) is 0 Å². The molecule has 0 spiro atoms. The number of hydrogen-bond donors (Lipinski definition) is 2. The molecule has 0 aliphatic carbocycles. The summed E-state index contributed by atoms with van der Waals surface area (Å²) in [5.74, 6) is -0.106. The van der Waals surface area contributed by atoms with E-state index < -0.39 is 11.5 Å². The van der Waals surface area contributed by atoms with Gasteiger partial charge in [0.1, 0.15) is 11.3 Å². The van der Waals surface area contributed by atoms with Crippen molar-refractivity contribution in [2.45, 2.75) is 38.6 Å². The number of rotatable bonds is 7. The summed E-state index contributed by atoms with van der Waals surface area (Å²) >= 11 is 0. The fraction of sp³-hybridized carbons (Fsp3) is 0.500. The van der Waals surface area contributed by atoms with Gasteiger partial charge < -0.3 is 15.6 Å². The molecule has 100 valence electrons. The molecule has 0 bridgehead atoms. The summed E-state index contributed by atoms with van der Waals surface area (Å²) in [4.78, 5) is 10.8. The minimum absolute atomic E-state index is 0.399. The van der Waals surface area contributed by atoms with E-state index in [1.54, 1.807) is 0 Å². The molecule has 0 radical (unpaired) electrons. The van der Waals surface area contributed by atoms with Gasteiger partial charge in [-0.1, -0.05) is 25.1 Å². The van der Waals surface area contributed by atoms with Crippen molar-refractivity contribution in [3.8, 4) is 5.75 Å². The standard InChI is InChI=1S/C14H21NO3/c1-3-11-7-4-5-8-12(11)18-10-6-9-14(2,15)13(16)17/h4-5,7-8H,3,6,9-10,15H2,1-2H3,(H,16,17). The van der Waals surface area contributed by atoms with Crippen LogP contribution in [0, 0.1) is 0 Å². The average Bonchev–Trinajstić information content (AvgIpc) is 2.35. The van der Waals surface area contributed by atoms with Crippen LogP contribution in [0.3, 0.4) is 0 Å². The Morgan fingerprint density at radius 1 is 1.44 bits per heavy atom. The van der Waals surface area contributed by atoms with Crippen molar-refractivity contribution in [2.24, 2.45) is 5.73 Å². The number of carboxylic acid groups (broad SMARTS) is 1. The van der Waals surface area contributed by atoms with Crippen molar-refractivity contribution >= 4 is 5.97 Å². The lowest BCUT2D eigenvalue weighted by Gasteiger charge is -2.19. The summed E-state index contributed by atoms with van der Waals surface area (Å²) < 4.78 is 5.65. The Morgan fingerprint density at radius 2 is 2.11 bits per heavy atom. The first-order chi connectivity index (χ1) is 8.47. The zero-order chi connectivity index (χ0) is 13.6. The second-order valence-corrected chi connectivity index (χ2v) is 4.64. The largest absolute Gasteiger partial charge is 0.493 e. The van der Waals surface area contributed by atoms with E-state index in [1.807, 2.05) is 24.3 Å². The molecule has 1 atom stereocenters. The second-order valence-electron chi connectivity index (χ2n) is 4.64. The smallest absolute Gasteiger partial charge is 0.323 e. The lowest BCUT2D eigenvalue weighted by Crippen LogP contribution is -2.44. The van der Waals surface area contributed by atoms with Crippen molar-refractivity contribution in [1.82, 2.24) is 0 Å². The van der Waals surface area contributed by atoms with Gasteiger partial charge in [0.25, 0.3) is 0 Å². The third-order valence-electron chi connectivity index (χ3n) is 2.94. The minimum atomic E-state index is -1.17. The zero-order valence-electron chi connectivity index (χ0n) is 11.0. The molecule has 0 heterocycles. The van der Waals surface area contributed by atoms with Crippen LogP contribution in [0.2, 0.25) is 0 Å². The molecule has 0 fully saturated rings. The maximum Gasteiger partial charge on any atom is 0.323 e. The molecule has 0 aliphatic heterocycles. The van der Waals surface area contributed by atoms with Gasteiger partial charge in [-0.3, -0.25) is 4.79 Å². The molecule has 0 saturated carbocycles. The SMILES string of the molecule is CCc1ccccc1OCCCC(C)(N)C(=O)O. The van der Waals surface area contributed by atoms with Crippen LogP contribution in [0.5, 0.6) is 5.75 Å². The van der Waals surface area contributed by atoms with Crippen LogP contribution in [-0.4, -0.2) is 23.2 Å². The van der Waals surface area contributed by atoms with Crippen LogP contribution >= 0.6 is 0 Å². The Labute approximate surface area is 108 Å². The molecule has 18 heavy (non-hydrogen) atoms. The van der Waals surface area contributed by atoms with E-state index in [2.05, 4.69) is 6.92 Å². The van der Waals surface area contributed by atoms with E-state index >= 15 is 0 Å². The number of ether oxygens (including phenoxy) is 1. The number of hydrogen-bond acceptors (Lipinski definition) is 3. The summed E-state index contributed by atoms with van der Waals surface area (Å²) in [5.41, 5.74) is 5.63. The van der Waals surface area contributed by atoms with E-state index in [0.29, 0.717) is 19.4 Å². The van der Waals surface area contributed by atoms with Crippen LogP contribution < -0.4 is 10.5 Å². The molecule has 1 aromatic carbocycles. The van der Waals surface area contributed by atoms with Gasteiger partial charge in [-0.15, -0.1) is 0 Å². The quantitative estimate of drug-likeness (QED) is 0.729. The van der Waals surface area contributed by atoms with E-state index in [-0.39, 0.29) is 0 Å². The zero-order valence-corrected chi connectivity index (χ0v) is 11.0. The highest BCUT2D eigenvalue weighted by Gasteiger charge is 2.26. The van der Waals surface area contributed by atoms with Crippen molar-refractivity contribution < 1.29 is 14.6 Å². The molecule has 4 heteroatoms. The fourth-order valence-corrected chi connectivity index (χ4v) is 1.67. The number of aryl methyl sites for hydroxylation is 1. The van der Waals surface area contributed by atoms with E-state index in [0.717, 1.165) is 17.7 Å². The van der Waals surface area contributed by atoms with E-state index in [4.69, 9.17) is 15.6 Å². The maximum absolute atomic E-state index is 10.8. The first-order valence-electron chi connectivity index (χ1n) is 6.20. The highest BCUT2D eigenvalue weighted by Crippen LogP contribution is 2.19. The predicted molar refractivity (Wildman–Crippen MR) is 70.8 cm³/mol. The Morgan fingerprint density at radius 3 is 2.72 bits per heavy atom. The summed E-state index contributed by atoms with van der Waals surface area (Å²) in [6, 6.07) is 7.86. The van der Waals surface area contributed by atoms with Crippen molar-refractivity contribution in [3.05, 3.63) is 29.8 Å².